The molecule has 92 valence electrons. The van der Waals surface area contributed by atoms with Crippen LogP contribution in [-0.2, 0) is 11.2 Å². The van der Waals surface area contributed by atoms with Crippen molar-refractivity contribution >= 4 is 29.2 Å². The lowest BCUT2D eigenvalue weighted by molar-refractivity contribution is -0.136. The van der Waals surface area contributed by atoms with Crippen molar-refractivity contribution in [3.8, 4) is 11.1 Å². The molecule has 0 aliphatic carbocycles. The summed E-state index contributed by atoms with van der Waals surface area (Å²) in [5.41, 5.74) is 2.27. The van der Waals surface area contributed by atoms with Crippen molar-refractivity contribution < 1.29 is 9.90 Å². The summed E-state index contributed by atoms with van der Waals surface area (Å²) in [6.07, 6.45) is -0.131. The quantitative estimate of drug-likeness (QED) is 0.911. The summed E-state index contributed by atoms with van der Waals surface area (Å²) in [6, 6.07) is 13.1. The number of carbonyl (C=O) groups is 1. The van der Waals surface area contributed by atoms with Gasteiger partial charge in [-0.15, -0.1) is 0 Å². The van der Waals surface area contributed by atoms with Gasteiger partial charge < -0.3 is 5.11 Å². The third kappa shape index (κ3) is 2.66. The van der Waals surface area contributed by atoms with E-state index in [1.807, 2.05) is 30.3 Å². The van der Waals surface area contributed by atoms with Crippen LogP contribution in [0.5, 0.6) is 0 Å². The average Bonchev–Trinajstić information content (AvgIpc) is 2.36. The van der Waals surface area contributed by atoms with Gasteiger partial charge in [0, 0.05) is 5.56 Å². The van der Waals surface area contributed by atoms with Crippen molar-refractivity contribution in [1.29, 1.82) is 0 Å². The Bertz CT molecular complexity index is 580. The molecule has 0 aromatic heterocycles. The van der Waals surface area contributed by atoms with E-state index in [1.54, 1.807) is 12.1 Å². The fourth-order valence-corrected chi connectivity index (χ4v) is 2.25. The molecular weight excluding hydrogens is 271 g/mol. The molecule has 0 aliphatic heterocycles. The Hall–Kier alpha value is -1.51. The van der Waals surface area contributed by atoms with E-state index in [0.29, 0.717) is 15.6 Å². The SMILES string of the molecule is O=C(O)Cc1ccc(-c2ccccc2)c(Cl)c1Cl. The summed E-state index contributed by atoms with van der Waals surface area (Å²) in [5, 5.41) is 9.46. The molecule has 0 saturated heterocycles. The monoisotopic (exact) mass is 280 g/mol. The lowest BCUT2D eigenvalue weighted by Crippen LogP contribution is -2.01. The van der Waals surface area contributed by atoms with Gasteiger partial charge in [0.05, 0.1) is 16.5 Å². The number of hydrogen-bond donors (Lipinski definition) is 1. The Morgan fingerprint density at radius 2 is 1.67 bits per heavy atom. The Labute approximate surface area is 115 Å². The summed E-state index contributed by atoms with van der Waals surface area (Å²) in [5.74, 6) is -0.930. The predicted octanol–water partition coefficient (Wildman–Crippen LogP) is 4.29. The topological polar surface area (TPSA) is 37.3 Å². The van der Waals surface area contributed by atoms with E-state index in [-0.39, 0.29) is 6.42 Å². The zero-order valence-corrected chi connectivity index (χ0v) is 10.9. The predicted molar refractivity (Wildman–Crippen MR) is 73.2 cm³/mol. The maximum atomic E-state index is 10.7. The molecule has 1 N–H and O–H groups in total. The normalized spacial score (nSPS) is 10.3. The minimum Gasteiger partial charge on any atom is -0.481 e. The van der Waals surface area contributed by atoms with Crippen LogP contribution in [0, 0.1) is 0 Å². The van der Waals surface area contributed by atoms with Crippen molar-refractivity contribution in [3.05, 3.63) is 58.1 Å². The molecule has 0 fully saturated rings. The summed E-state index contributed by atoms with van der Waals surface area (Å²) in [4.78, 5) is 10.7. The first-order chi connectivity index (χ1) is 8.59. The molecule has 0 atom stereocenters. The Morgan fingerprint density at radius 3 is 2.28 bits per heavy atom. The highest BCUT2D eigenvalue weighted by atomic mass is 35.5. The lowest BCUT2D eigenvalue weighted by Gasteiger charge is -2.09. The van der Waals surface area contributed by atoms with Crippen molar-refractivity contribution in [2.75, 3.05) is 0 Å². The molecule has 2 aromatic carbocycles. The maximum Gasteiger partial charge on any atom is 0.307 e. The van der Waals surface area contributed by atoms with Crippen LogP contribution < -0.4 is 0 Å². The molecule has 4 heteroatoms. The summed E-state index contributed by atoms with van der Waals surface area (Å²) >= 11 is 12.3. The van der Waals surface area contributed by atoms with Crippen LogP contribution in [-0.4, -0.2) is 11.1 Å². The molecule has 0 spiro atoms. The van der Waals surface area contributed by atoms with Gasteiger partial charge >= 0.3 is 5.97 Å². The number of carboxylic acids is 1. The van der Waals surface area contributed by atoms with E-state index >= 15 is 0 Å². The Balaban J connectivity index is 2.47. The molecule has 0 radical (unpaired) electrons. The average molecular weight is 281 g/mol. The molecule has 2 aromatic rings. The van der Waals surface area contributed by atoms with Crippen LogP contribution in [0.1, 0.15) is 5.56 Å². The van der Waals surface area contributed by atoms with E-state index in [9.17, 15) is 4.79 Å². The third-order valence-corrected chi connectivity index (χ3v) is 3.51. The molecule has 0 heterocycles. The van der Waals surface area contributed by atoms with Crippen molar-refractivity contribution in [2.45, 2.75) is 6.42 Å². The van der Waals surface area contributed by atoms with Crippen LogP contribution in [0.4, 0.5) is 0 Å². The van der Waals surface area contributed by atoms with Gasteiger partial charge in [0.25, 0.3) is 0 Å². The largest absolute Gasteiger partial charge is 0.481 e. The highest BCUT2D eigenvalue weighted by molar-refractivity contribution is 6.44. The third-order valence-electron chi connectivity index (χ3n) is 2.59. The first kappa shape index (κ1) is 12.9. The first-order valence-electron chi connectivity index (χ1n) is 5.33. The molecule has 0 unspecified atom stereocenters. The molecule has 2 rings (SSSR count). The smallest absolute Gasteiger partial charge is 0.307 e. The van der Waals surface area contributed by atoms with E-state index in [4.69, 9.17) is 28.3 Å². The van der Waals surface area contributed by atoms with Crippen LogP contribution in [0.15, 0.2) is 42.5 Å². The number of carboxylic acid groups (broad SMARTS) is 1. The molecule has 0 aliphatic rings. The molecule has 2 nitrogen and oxygen atoms in total. The number of halogens is 2. The van der Waals surface area contributed by atoms with Crippen LogP contribution in [0.2, 0.25) is 10.0 Å². The summed E-state index contributed by atoms with van der Waals surface area (Å²) in [7, 11) is 0. The van der Waals surface area contributed by atoms with Crippen molar-refractivity contribution in [2.24, 2.45) is 0 Å². The number of benzene rings is 2. The highest BCUT2D eigenvalue weighted by Crippen LogP contribution is 2.35. The van der Waals surface area contributed by atoms with Crippen LogP contribution >= 0.6 is 23.2 Å². The maximum absolute atomic E-state index is 10.7. The van der Waals surface area contributed by atoms with Gasteiger partial charge in [0.1, 0.15) is 0 Å². The van der Waals surface area contributed by atoms with E-state index in [2.05, 4.69) is 0 Å². The van der Waals surface area contributed by atoms with Crippen LogP contribution in [0.25, 0.3) is 11.1 Å². The van der Waals surface area contributed by atoms with Gasteiger partial charge in [-0.2, -0.15) is 0 Å². The minimum absolute atomic E-state index is 0.131. The van der Waals surface area contributed by atoms with Crippen molar-refractivity contribution in [3.63, 3.8) is 0 Å². The fourth-order valence-electron chi connectivity index (χ4n) is 1.73. The van der Waals surface area contributed by atoms with Gasteiger partial charge in [-0.25, -0.2) is 0 Å². The fraction of sp³-hybridized carbons (Fsp3) is 0.0714. The molecular formula is C14H10Cl2O2. The van der Waals surface area contributed by atoms with Crippen molar-refractivity contribution in [1.82, 2.24) is 0 Å². The zero-order valence-electron chi connectivity index (χ0n) is 9.36. The standard InChI is InChI=1S/C14H10Cl2O2/c15-13-10(8-12(17)18)6-7-11(14(13)16)9-4-2-1-3-5-9/h1-7H,8H2,(H,17,18). The lowest BCUT2D eigenvalue weighted by atomic mass is 10.0. The second-order valence-corrected chi connectivity index (χ2v) is 4.59. The zero-order chi connectivity index (χ0) is 13.1. The minimum atomic E-state index is -0.930. The summed E-state index contributed by atoms with van der Waals surface area (Å²) < 4.78 is 0. The summed E-state index contributed by atoms with van der Waals surface area (Å²) in [6.45, 7) is 0. The molecule has 0 bridgehead atoms. The van der Waals surface area contributed by atoms with Gasteiger partial charge in [-0.3, -0.25) is 4.79 Å². The number of rotatable bonds is 3. The van der Waals surface area contributed by atoms with Gasteiger partial charge in [0.15, 0.2) is 0 Å². The molecule has 18 heavy (non-hydrogen) atoms. The number of hydrogen-bond acceptors (Lipinski definition) is 1. The van der Waals surface area contributed by atoms with Gasteiger partial charge in [0.2, 0.25) is 0 Å². The van der Waals surface area contributed by atoms with E-state index < -0.39 is 5.97 Å². The van der Waals surface area contributed by atoms with Crippen LogP contribution in [0.3, 0.4) is 0 Å². The Morgan fingerprint density at radius 1 is 1.00 bits per heavy atom. The van der Waals surface area contributed by atoms with E-state index in [0.717, 1.165) is 11.1 Å². The molecule has 0 amide bonds. The second kappa shape index (κ2) is 5.42. The van der Waals surface area contributed by atoms with Gasteiger partial charge in [-0.1, -0.05) is 65.7 Å². The number of aliphatic carboxylic acids is 1. The highest BCUT2D eigenvalue weighted by Gasteiger charge is 2.13. The second-order valence-electron chi connectivity index (χ2n) is 3.84. The first-order valence-corrected chi connectivity index (χ1v) is 6.09. The Kier molecular flexibility index (Phi) is 3.90. The van der Waals surface area contributed by atoms with Gasteiger partial charge in [-0.05, 0) is 11.1 Å². The van der Waals surface area contributed by atoms with E-state index in [1.165, 1.54) is 0 Å². The molecule has 0 saturated carbocycles.